The van der Waals surface area contributed by atoms with Crippen molar-refractivity contribution in [2.45, 2.75) is 64.7 Å². The highest BCUT2D eigenvalue weighted by Gasteiger charge is 2.36. The van der Waals surface area contributed by atoms with Crippen molar-refractivity contribution < 1.29 is 13.5 Å². The van der Waals surface area contributed by atoms with Crippen LogP contribution < -0.4 is 4.74 Å². The highest BCUT2D eigenvalue weighted by Crippen LogP contribution is 2.49. The number of benzene rings is 2. The first-order chi connectivity index (χ1) is 14.1. The summed E-state index contributed by atoms with van der Waals surface area (Å²) in [5, 5.41) is 0.677. The zero-order chi connectivity index (χ0) is 20.4. The molecule has 29 heavy (non-hydrogen) atoms. The number of allylic oxidation sites excluding steroid dienone is 1. The van der Waals surface area contributed by atoms with Crippen molar-refractivity contribution in [3.05, 3.63) is 53.6 Å². The largest absolute Gasteiger partial charge is 0.489 e. The summed E-state index contributed by atoms with van der Waals surface area (Å²) in [5.41, 5.74) is 0.704. The summed E-state index contributed by atoms with van der Waals surface area (Å²) in [4.78, 5) is 0. The van der Waals surface area contributed by atoms with Crippen LogP contribution in [0.15, 0.2) is 36.4 Å². The Kier molecular flexibility index (Phi) is 6.22. The molecule has 0 spiro atoms. The number of halogens is 2. The van der Waals surface area contributed by atoms with E-state index in [9.17, 15) is 4.39 Å². The van der Waals surface area contributed by atoms with E-state index in [0.29, 0.717) is 29.2 Å². The molecule has 0 saturated heterocycles. The molecule has 0 N–H and O–H groups in total. The van der Waals surface area contributed by atoms with Crippen LogP contribution in [0.4, 0.5) is 8.78 Å². The summed E-state index contributed by atoms with van der Waals surface area (Å²) >= 11 is 0. The van der Waals surface area contributed by atoms with E-state index in [1.54, 1.807) is 6.07 Å². The summed E-state index contributed by atoms with van der Waals surface area (Å²) < 4.78 is 35.7. The van der Waals surface area contributed by atoms with Gasteiger partial charge in [0.05, 0.1) is 5.39 Å². The predicted octanol–water partition coefficient (Wildman–Crippen LogP) is 7.78. The second kappa shape index (κ2) is 8.85. The molecule has 1 nitrogen and oxygen atoms in total. The summed E-state index contributed by atoms with van der Waals surface area (Å²) in [6.07, 6.45) is 12.2. The molecule has 2 aromatic rings. The topological polar surface area (TPSA) is 9.23 Å². The monoisotopic (exact) mass is 398 g/mol. The van der Waals surface area contributed by atoms with Gasteiger partial charge in [-0.25, -0.2) is 8.78 Å². The fourth-order valence-electron chi connectivity index (χ4n) is 5.64. The Hall–Kier alpha value is -1.90. The molecule has 0 heterocycles. The molecule has 0 aliphatic heterocycles. The lowest BCUT2D eigenvalue weighted by molar-refractivity contribution is 0.116. The van der Waals surface area contributed by atoms with Crippen molar-refractivity contribution in [2.24, 2.45) is 17.8 Å². The van der Waals surface area contributed by atoms with Crippen molar-refractivity contribution in [2.75, 3.05) is 6.61 Å². The van der Waals surface area contributed by atoms with Gasteiger partial charge in [-0.3, -0.25) is 0 Å². The highest BCUT2D eigenvalue weighted by atomic mass is 19.1. The number of ether oxygens (including phenoxy) is 1. The minimum absolute atomic E-state index is 0.109. The van der Waals surface area contributed by atoms with E-state index in [1.807, 2.05) is 31.2 Å². The Balaban J connectivity index is 1.56. The summed E-state index contributed by atoms with van der Waals surface area (Å²) in [6, 6.07) is 6.79. The molecule has 0 amide bonds. The Morgan fingerprint density at radius 1 is 1.03 bits per heavy atom. The number of fused-ring (bicyclic) bond motifs is 2. The zero-order valence-electron chi connectivity index (χ0n) is 17.6. The molecule has 0 aromatic heterocycles. The first-order valence-electron chi connectivity index (χ1n) is 11.3. The normalized spacial score (nSPS) is 27.3. The van der Waals surface area contributed by atoms with Crippen LogP contribution in [0.2, 0.25) is 0 Å². The SMILES string of the molecule is C/C=C/COc1cc(F)c2c(F)c(C3CCC4CC(CC)CCC4C3)ccc2c1. The standard InChI is InChI=1S/C26H32F2O/c1-3-5-12-29-22-15-21-10-11-23(26(28)25(21)24(27)16-22)20-9-8-18-13-17(4-2)6-7-19(18)14-20/h3,5,10-11,15-20H,4,6-9,12-14H2,1-2H3/b5-3+. The molecule has 156 valence electrons. The maximum absolute atomic E-state index is 15.4. The quantitative estimate of drug-likeness (QED) is 0.467. The molecule has 2 fully saturated rings. The van der Waals surface area contributed by atoms with E-state index in [1.165, 1.54) is 38.2 Å². The van der Waals surface area contributed by atoms with Gasteiger partial charge in [0.15, 0.2) is 0 Å². The summed E-state index contributed by atoms with van der Waals surface area (Å²) in [6.45, 7) is 4.59. The third-order valence-corrected chi connectivity index (χ3v) is 7.33. The maximum Gasteiger partial charge on any atom is 0.137 e. The number of hydrogen-bond donors (Lipinski definition) is 0. The first-order valence-corrected chi connectivity index (χ1v) is 11.3. The van der Waals surface area contributed by atoms with Gasteiger partial charge in [-0.2, -0.15) is 0 Å². The van der Waals surface area contributed by atoms with Crippen LogP contribution in [0.25, 0.3) is 10.8 Å². The van der Waals surface area contributed by atoms with Crippen LogP contribution in [-0.4, -0.2) is 6.61 Å². The molecule has 2 aliphatic carbocycles. The van der Waals surface area contributed by atoms with Gasteiger partial charge in [0, 0.05) is 6.07 Å². The van der Waals surface area contributed by atoms with Gasteiger partial charge in [-0.1, -0.05) is 44.1 Å². The third kappa shape index (κ3) is 4.20. The molecule has 2 saturated carbocycles. The van der Waals surface area contributed by atoms with Gasteiger partial charge in [-0.05, 0) is 79.7 Å². The van der Waals surface area contributed by atoms with Crippen molar-refractivity contribution in [3.8, 4) is 5.75 Å². The van der Waals surface area contributed by atoms with Gasteiger partial charge in [0.25, 0.3) is 0 Å². The molecule has 4 rings (SSSR count). The molecule has 0 radical (unpaired) electrons. The van der Waals surface area contributed by atoms with Crippen molar-refractivity contribution in [3.63, 3.8) is 0 Å². The van der Waals surface area contributed by atoms with Crippen molar-refractivity contribution in [1.29, 1.82) is 0 Å². The van der Waals surface area contributed by atoms with Crippen LogP contribution in [0.1, 0.15) is 70.3 Å². The van der Waals surface area contributed by atoms with E-state index in [4.69, 9.17) is 4.74 Å². The van der Waals surface area contributed by atoms with Gasteiger partial charge in [0.1, 0.15) is 24.0 Å². The Labute approximate surface area is 173 Å². The molecule has 2 aromatic carbocycles. The van der Waals surface area contributed by atoms with E-state index >= 15 is 4.39 Å². The molecular weight excluding hydrogens is 366 g/mol. The van der Waals surface area contributed by atoms with Gasteiger partial charge < -0.3 is 4.74 Å². The van der Waals surface area contributed by atoms with Crippen LogP contribution in [0, 0.1) is 29.4 Å². The van der Waals surface area contributed by atoms with Gasteiger partial charge >= 0.3 is 0 Å². The van der Waals surface area contributed by atoms with Gasteiger partial charge in [-0.15, -0.1) is 0 Å². The average Bonchev–Trinajstić information content (AvgIpc) is 2.73. The molecular formula is C26H32F2O. The van der Waals surface area contributed by atoms with Crippen LogP contribution in [-0.2, 0) is 0 Å². The Morgan fingerprint density at radius 2 is 1.83 bits per heavy atom. The minimum Gasteiger partial charge on any atom is -0.489 e. The molecule has 2 aliphatic rings. The first kappa shape index (κ1) is 20.4. The van der Waals surface area contributed by atoms with E-state index < -0.39 is 5.82 Å². The predicted molar refractivity (Wildman–Crippen MR) is 115 cm³/mol. The minimum atomic E-state index is -0.533. The van der Waals surface area contributed by atoms with Crippen LogP contribution >= 0.6 is 0 Å². The number of hydrogen-bond acceptors (Lipinski definition) is 1. The molecule has 4 unspecified atom stereocenters. The Bertz CT molecular complexity index is 888. The Morgan fingerprint density at radius 3 is 2.62 bits per heavy atom. The summed E-state index contributed by atoms with van der Waals surface area (Å²) in [5.74, 6) is 2.14. The smallest absolute Gasteiger partial charge is 0.137 e. The number of rotatable bonds is 5. The van der Waals surface area contributed by atoms with E-state index in [0.717, 1.165) is 24.7 Å². The molecule has 4 atom stereocenters. The van der Waals surface area contributed by atoms with Crippen molar-refractivity contribution in [1.82, 2.24) is 0 Å². The fraction of sp³-hybridized carbons (Fsp3) is 0.538. The van der Waals surface area contributed by atoms with Crippen molar-refractivity contribution >= 4 is 10.8 Å². The second-order valence-corrected chi connectivity index (χ2v) is 8.97. The highest BCUT2D eigenvalue weighted by molar-refractivity contribution is 5.86. The zero-order valence-corrected chi connectivity index (χ0v) is 17.6. The maximum atomic E-state index is 15.4. The average molecular weight is 399 g/mol. The summed E-state index contributed by atoms with van der Waals surface area (Å²) in [7, 11) is 0. The second-order valence-electron chi connectivity index (χ2n) is 8.97. The molecule has 3 heteroatoms. The van der Waals surface area contributed by atoms with Gasteiger partial charge in [0.2, 0.25) is 0 Å². The van der Waals surface area contributed by atoms with E-state index in [-0.39, 0.29) is 17.1 Å². The fourth-order valence-corrected chi connectivity index (χ4v) is 5.64. The lowest BCUT2D eigenvalue weighted by atomic mass is 9.63. The van der Waals surface area contributed by atoms with E-state index in [2.05, 4.69) is 6.92 Å². The van der Waals surface area contributed by atoms with Crippen LogP contribution in [0.5, 0.6) is 5.75 Å². The molecule has 0 bridgehead atoms. The lowest BCUT2D eigenvalue weighted by Crippen LogP contribution is -2.30. The lowest BCUT2D eigenvalue weighted by Gasteiger charge is -2.42. The van der Waals surface area contributed by atoms with Crippen LogP contribution in [0.3, 0.4) is 0 Å². The third-order valence-electron chi connectivity index (χ3n) is 7.33.